The molecular formula is C18H26ClN3O. The highest BCUT2D eigenvalue weighted by atomic mass is 35.5. The first-order valence-electron chi connectivity index (χ1n) is 8.17. The van der Waals surface area contributed by atoms with Gasteiger partial charge < -0.3 is 15.4 Å². The molecule has 1 fully saturated rings. The molecule has 0 saturated carbocycles. The molecule has 0 bridgehead atoms. The van der Waals surface area contributed by atoms with E-state index in [1.54, 1.807) is 0 Å². The lowest BCUT2D eigenvalue weighted by molar-refractivity contribution is 0.0531. The number of aliphatic imine (C=N–C) groups is 1. The van der Waals surface area contributed by atoms with E-state index < -0.39 is 0 Å². The highest BCUT2D eigenvalue weighted by molar-refractivity contribution is 6.31. The van der Waals surface area contributed by atoms with Crippen molar-refractivity contribution in [2.75, 3.05) is 32.8 Å². The van der Waals surface area contributed by atoms with Crippen LogP contribution in [0.2, 0.25) is 5.02 Å². The summed E-state index contributed by atoms with van der Waals surface area (Å²) < 4.78 is 5.57. The summed E-state index contributed by atoms with van der Waals surface area (Å²) in [6.45, 7) is 9.49. The fourth-order valence-electron chi connectivity index (χ4n) is 2.91. The van der Waals surface area contributed by atoms with Crippen LogP contribution >= 0.6 is 11.6 Å². The maximum Gasteiger partial charge on any atom is 0.191 e. The summed E-state index contributed by atoms with van der Waals surface area (Å²) in [5.41, 5.74) is 1.11. The Labute approximate surface area is 144 Å². The molecule has 1 heterocycles. The van der Waals surface area contributed by atoms with E-state index in [0.29, 0.717) is 13.1 Å². The molecule has 1 aliphatic heterocycles. The molecule has 0 spiro atoms. The monoisotopic (exact) mass is 335 g/mol. The molecule has 0 unspecified atom stereocenters. The van der Waals surface area contributed by atoms with Gasteiger partial charge in [-0.2, -0.15) is 0 Å². The molecule has 1 saturated heterocycles. The Hall–Kier alpha value is -1.52. The Balaban J connectivity index is 2.24. The van der Waals surface area contributed by atoms with Gasteiger partial charge in [-0.25, -0.2) is 0 Å². The molecule has 0 atom stereocenters. The predicted molar refractivity (Wildman–Crippen MR) is 97.4 cm³/mol. The number of ether oxygens (including phenoxy) is 1. The minimum absolute atomic E-state index is 0.0624. The van der Waals surface area contributed by atoms with Crippen molar-refractivity contribution in [3.05, 3.63) is 47.5 Å². The van der Waals surface area contributed by atoms with Crippen molar-refractivity contribution >= 4 is 17.6 Å². The van der Waals surface area contributed by atoms with Gasteiger partial charge in [0.2, 0.25) is 0 Å². The standard InChI is InChI=1S/C18H26ClN3O/c1-3-11-21-17(20-4-2)22-14-18(9-12-23-13-10-18)15-7-5-6-8-16(15)19/h3,5-8H,1,4,9-14H2,2H3,(H2,20,21,22). The number of nitrogens with one attached hydrogen (secondary N) is 2. The van der Waals surface area contributed by atoms with Gasteiger partial charge in [-0.1, -0.05) is 35.9 Å². The Morgan fingerprint density at radius 1 is 1.35 bits per heavy atom. The van der Waals surface area contributed by atoms with Gasteiger partial charge in [-0.3, -0.25) is 4.99 Å². The first kappa shape index (κ1) is 17.8. The van der Waals surface area contributed by atoms with Crippen molar-refractivity contribution < 1.29 is 4.74 Å². The van der Waals surface area contributed by atoms with Gasteiger partial charge in [0.05, 0.1) is 6.54 Å². The summed E-state index contributed by atoms with van der Waals surface area (Å²) in [7, 11) is 0. The number of nitrogens with zero attached hydrogens (tertiary/aromatic N) is 1. The third kappa shape index (κ3) is 4.72. The average Bonchev–Trinajstić information content (AvgIpc) is 2.58. The lowest BCUT2D eigenvalue weighted by Crippen LogP contribution is -2.41. The molecule has 23 heavy (non-hydrogen) atoms. The van der Waals surface area contributed by atoms with Gasteiger partial charge in [0.25, 0.3) is 0 Å². The normalized spacial score (nSPS) is 17.6. The smallest absolute Gasteiger partial charge is 0.191 e. The van der Waals surface area contributed by atoms with Crippen molar-refractivity contribution in [2.45, 2.75) is 25.2 Å². The third-order valence-electron chi connectivity index (χ3n) is 4.19. The second-order valence-corrected chi connectivity index (χ2v) is 6.14. The second kappa shape index (κ2) is 8.94. The SMILES string of the molecule is C=CCNC(=NCC1(c2ccccc2Cl)CCOCC1)NCC. The van der Waals surface area contributed by atoms with E-state index in [1.165, 1.54) is 5.56 Å². The Bertz CT molecular complexity index is 539. The van der Waals surface area contributed by atoms with Crippen LogP contribution < -0.4 is 10.6 Å². The van der Waals surface area contributed by atoms with E-state index in [4.69, 9.17) is 21.3 Å². The van der Waals surface area contributed by atoms with Gasteiger partial charge >= 0.3 is 0 Å². The fraction of sp³-hybridized carbons (Fsp3) is 0.500. The molecular weight excluding hydrogens is 310 g/mol. The summed E-state index contributed by atoms with van der Waals surface area (Å²) in [4.78, 5) is 4.80. The first-order valence-corrected chi connectivity index (χ1v) is 8.55. The quantitative estimate of drug-likeness (QED) is 0.477. The first-order chi connectivity index (χ1) is 11.2. The molecule has 2 rings (SSSR count). The van der Waals surface area contributed by atoms with Gasteiger partial charge in [-0.05, 0) is 31.4 Å². The zero-order valence-electron chi connectivity index (χ0n) is 13.8. The number of halogens is 1. The van der Waals surface area contributed by atoms with Crippen LogP contribution in [-0.2, 0) is 10.2 Å². The predicted octanol–water partition coefficient (Wildman–Crippen LogP) is 3.13. The van der Waals surface area contributed by atoms with Crippen molar-refractivity contribution in [1.82, 2.24) is 10.6 Å². The van der Waals surface area contributed by atoms with Gasteiger partial charge in [0.15, 0.2) is 5.96 Å². The van der Waals surface area contributed by atoms with Crippen LogP contribution in [0, 0.1) is 0 Å². The summed E-state index contributed by atoms with van der Waals surface area (Å²) >= 11 is 6.47. The molecule has 0 radical (unpaired) electrons. The van der Waals surface area contributed by atoms with Gasteiger partial charge in [0.1, 0.15) is 0 Å². The van der Waals surface area contributed by atoms with Crippen molar-refractivity contribution in [3.8, 4) is 0 Å². The Kier molecular flexibility index (Phi) is 6.93. The van der Waals surface area contributed by atoms with E-state index in [9.17, 15) is 0 Å². The zero-order valence-corrected chi connectivity index (χ0v) is 14.5. The minimum Gasteiger partial charge on any atom is -0.381 e. The molecule has 2 N–H and O–H groups in total. The van der Waals surface area contributed by atoms with Crippen LogP contribution in [0.4, 0.5) is 0 Å². The van der Waals surface area contributed by atoms with Gasteiger partial charge in [-0.15, -0.1) is 6.58 Å². The van der Waals surface area contributed by atoms with Crippen LogP contribution in [-0.4, -0.2) is 38.8 Å². The van der Waals surface area contributed by atoms with E-state index in [0.717, 1.165) is 43.6 Å². The molecule has 0 aromatic heterocycles. The van der Waals surface area contributed by atoms with E-state index in [-0.39, 0.29) is 5.41 Å². The average molecular weight is 336 g/mol. The van der Waals surface area contributed by atoms with E-state index in [2.05, 4.69) is 30.2 Å². The zero-order chi connectivity index (χ0) is 16.5. The minimum atomic E-state index is -0.0624. The van der Waals surface area contributed by atoms with Crippen LogP contribution in [0.25, 0.3) is 0 Å². The Morgan fingerprint density at radius 2 is 2.09 bits per heavy atom. The number of hydrogen-bond donors (Lipinski definition) is 2. The van der Waals surface area contributed by atoms with Crippen molar-refractivity contribution in [1.29, 1.82) is 0 Å². The topological polar surface area (TPSA) is 45.7 Å². The molecule has 0 aliphatic carbocycles. The Morgan fingerprint density at radius 3 is 2.74 bits per heavy atom. The maximum atomic E-state index is 6.47. The number of benzene rings is 1. The van der Waals surface area contributed by atoms with E-state index in [1.807, 2.05) is 24.3 Å². The summed E-state index contributed by atoms with van der Waals surface area (Å²) in [5, 5.41) is 7.33. The van der Waals surface area contributed by atoms with Crippen molar-refractivity contribution in [2.24, 2.45) is 4.99 Å². The molecule has 0 amide bonds. The number of rotatable bonds is 6. The van der Waals surface area contributed by atoms with Crippen LogP contribution in [0.1, 0.15) is 25.3 Å². The molecule has 1 aromatic rings. The molecule has 4 nitrogen and oxygen atoms in total. The van der Waals surface area contributed by atoms with E-state index >= 15 is 0 Å². The molecule has 5 heteroatoms. The highest BCUT2D eigenvalue weighted by Crippen LogP contribution is 2.38. The largest absolute Gasteiger partial charge is 0.381 e. The summed E-state index contributed by atoms with van der Waals surface area (Å²) in [6, 6.07) is 8.09. The van der Waals surface area contributed by atoms with Crippen LogP contribution in [0.15, 0.2) is 41.9 Å². The van der Waals surface area contributed by atoms with Crippen LogP contribution in [0.3, 0.4) is 0 Å². The van der Waals surface area contributed by atoms with Crippen molar-refractivity contribution in [3.63, 3.8) is 0 Å². The third-order valence-corrected chi connectivity index (χ3v) is 4.52. The molecule has 1 aromatic carbocycles. The lowest BCUT2D eigenvalue weighted by atomic mass is 9.74. The summed E-state index contributed by atoms with van der Waals surface area (Å²) in [5.74, 6) is 0.810. The highest BCUT2D eigenvalue weighted by Gasteiger charge is 2.36. The lowest BCUT2D eigenvalue weighted by Gasteiger charge is -2.37. The molecule has 1 aliphatic rings. The number of guanidine groups is 1. The summed E-state index contributed by atoms with van der Waals surface area (Å²) in [6.07, 6.45) is 3.69. The van der Waals surface area contributed by atoms with Crippen LogP contribution in [0.5, 0.6) is 0 Å². The fourth-order valence-corrected chi connectivity index (χ4v) is 3.24. The maximum absolute atomic E-state index is 6.47. The molecule has 126 valence electrons. The van der Waals surface area contributed by atoms with Gasteiger partial charge in [0, 0.05) is 36.7 Å². The second-order valence-electron chi connectivity index (χ2n) is 5.74. The number of hydrogen-bond acceptors (Lipinski definition) is 2.